The van der Waals surface area contributed by atoms with Gasteiger partial charge in [-0.05, 0) is 49.2 Å². The van der Waals surface area contributed by atoms with E-state index in [2.05, 4.69) is 47.3 Å². The fraction of sp³-hybridized carbons (Fsp3) is 0.471. The topological polar surface area (TPSA) is 32.3 Å². The van der Waals surface area contributed by atoms with E-state index >= 15 is 0 Å². The summed E-state index contributed by atoms with van der Waals surface area (Å²) in [6.45, 7) is 4.57. The Morgan fingerprint density at radius 1 is 1.23 bits per heavy atom. The summed E-state index contributed by atoms with van der Waals surface area (Å²) in [7, 11) is 0. The van der Waals surface area contributed by atoms with Crippen molar-refractivity contribution < 1.29 is 4.79 Å². The maximum absolute atomic E-state index is 13.0. The molecule has 0 bridgehead atoms. The Labute approximate surface area is 140 Å². The second kappa shape index (κ2) is 7.40. The van der Waals surface area contributed by atoms with E-state index in [4.69, 9.17) is 0 Å². The molecule has 2 aromatic rings. The Morgan fingerprint density at radius 3 is 2.36 bits per heavy atom. The van der Waals surface area contributed by atoms with Gasteiger partial charge in [-0.3, -0.25) is 4.79 Å². The Bertz CT molecular complexity index is 544. The van der Waals surface area contributed by atoms with Gasteiger partial charge >= 0.3 is 0 Å². The molecule has 3 heterocycles. The van der Waals surface area contributed by atoms with Gasteiger partial charge in [0.25, 0.3) is 0 Å². The van der Waals surface area contributed by atoms with Crippen LogP contribution < -0.4 is 5.32 Å². The summed E-state index contributed by atoms with van der Waals surface area (Å²) < 4.78 is 0. The van der Waals surface area contributed by atoms with Crippen LogP contribution in [0.3, 0.4) is 0 Å². The van der Waals surface area contributed by atoms with E-state index in [0.717, 1.165) is 32.5 Å². The number of carbonyl (C=O) groups is 1. The highest BCUT2D eigenvalue weighted by Gasteiger charge is 2.29. The van der Waals surface area contributed by atoms with Crippen molar-refractivity contribution in [2.24, 2.45) is 5.92 Å². The third-order valence-corrected chi connectivity index (χ3v) is 5.86. The third-order valence-electron chi connectivity index (χ3n) is 4.14. The van der Waals surface area contributed by atoms with E-state index < -0.39 is 0 Å². The van der Waals surface area contributed by atoms with Crippen molar-refractivity contribution in [2.75, 3.05) is 6.54 Å². The molecular weight excluding hydrogens is 312 g/mol. The summed E-state index contributed by atoms with van der Waals surface area (Å²) in [5.41, 5.74) is 0. The number of hydrogen-bond acceptors (Lipinski definition) is 4. The molecule has 2 atom stereocenters. The van der Waals surface area contributed by atoms with Crippen LogP contribution in [0.5, 0.6) is 0 Å². The minimum absolute atomic E-state index is 0.163. The first-order valence-electron chi connectivity index (χ1n) is 7.79. The van der Waals surface area contributed by atoms with Crippen molar-refractivity contribution in [2.45, 2.75) is 38.9 Å². The fourth-order valence-electron chi connectivity index (χ4n) is 3.01. The number of piperidine rings is 1. The average Bonchev–Trinajstić information content (AvgIpc) is 3.19. The van der Waals surface area contributed by atoms with Crippen LogP contribution in [0.4, 0.5) is 0 Å². The van der Waals surface area contributed by atoms with Gasteiger partial charge in [-0.25, -0.2) is 0 Å². The maximum Gasteiger partial charge on any atom is 0.226 e. The number of amides is 1. The number of rotatable bonds is 5. The van der Waals surface area contributed by atoms with Gasteiger partial charge in [0, 0.05) is 21.7 Å². The van der Waals surface area contributed by atoms with Crippen molar-refractivity contribution in [3.05, 3.63) is 44.8 Å². The van der Waals surface area contributed by atoms with Crippen molar-refractivity contribution in [3.63, 3.8) is 0 Å². The largest absolute Gasteiger partial charge is 0.332 e. The molecule has 0 saturated carbocycles. The third kappa shape index (κ3) is 3.97. The SMILES string of the molecule is C[C@H]1C[C@@H](C(=O)N(Cc2cccs2)Cc2cccs2)CCN1. The predicted octanol–water partition coefficient (Wildman–Crippen LogP) is 3.73. The Balaban J connectivity index is 1.72. The van der Waals surface area contributed by atoms with Crippen molar-refractivity contribution in [1.29, 1.82) is 0 Å². The lowest BCUT2D eigenvalue weighted by Gasteiger charge is -2.32. The molecule has 0 radical (unpaired) electrons. The summed E-state index contributed by atoms with van der Waals surface area (Å²) in [4.78, 5) is 17.6. The van der Waals surface area contributed by atoms with E-state index in [1.54, 1.807) is 22.7 Å². The second-order valence-corrected chi connectivity index (χ2v) is 7.99. The highest BCUT2D eigenvalue weighted by molar-refractivity contribution is 7.10. The normalized spacial score (nSPS) is 21.7. The number of thiophene rings is 2. The van der Waals surface area contributed by atoms with E-state index in [9.17, 15) is 4.79 Å². The Morgan fingerprint density at radius 2 is 1.86 bits per heavy atom. The van der Waals surface area contributed by atoms with Gasteiger partial charge in [0.1, 0.15) is 0 Å². The van der Waals surface area contributed by atoms with E-state index in [1.807, 2.05) is 4.90 Å². The van der Waals surface area contributed by atoms with Crippen LogP contribution >= 0.6 is 22.7 Å². The molecule has 1 N–H and O–H groups in total. The molecule has 118 valence electrons. The van der Waals surface area contributed by atoms with Crippen LogP contribution in [-0.2, 0) is 17.9 Å². The van der Waals surface area contributed by atoms with E-state index in [0.29, 0.717) is 11.9 Å². The van der Waals surface area contributed by atoms with Crippen LogP contribution in [0.2, 0.25) is 0 Å². The van der Waals surface area contributed by atoms with Gasteiger partial charge in [-0.1, -0.05) is 12.1 Å². The van der Waals surface area contributed by atoms with E-state index in [-0.39, 0.29) is 5.92 Å². The zero-order valence-electron chi connectivity index (χ0n) is 12.8. The first-order chi connectivity index (χ1) is 10.7. The molecular formula is C17H22N2OS2. The highest BCUT2D eigenvalue weighted by atomic mass is 32.1. The summed E-state index contributed by atoms with van der Waals surface area (Å²) in [6, 6.07) is 8.78. The number of hydrogen-bond donors (Lipinski definition) is 1. The molecule has 2 aromatic heterocycles. The van der Waals surface area contributed by atoms with Gasteiger partial charge in [0.2, 0.25) is 5.91 Å². The summed E-state index contributed by atoms with van der Waals surface area (Å²) in [6.07, 6.45) is 1.90. The molecule has 1 aliphatic heterocycles. The van der Waals surface area contributed by atoms with Crippen LogP contribution in [0.15, 0.2) is 35.0 Å². The maximum atomic E-state index is 13.0. The molecule has 1 amide bonds. The van der Waals surface area contributed by atoms with Crippen LogP contribution in [0, 0.1) is 5.92 Å². The fourth-order valence-corrected chi connectivity index (χ4v) is 4.45. The number of nitrogens with zero attached hydrogens (tertiary/aromatic N) is 1. The smallest absolute Gasteiger partial charge is 0.226 e. The second-order valence-electron chi connectivity index (χ2n) is 5.93. The first-order valence-corrected chi connectivity index (χ1v) is 9.55. The van der Waals surface area contributed by atoms with Crippen molar-refractivity contribution >= 4 is 28.6 Å². The van der Waals surface area contributed by atoms with Crippen LogP contribution in [-0.4, -0.2) is 23.4 Å². The molecule has 1 saturated heterocycles. The van der Waals surface area contributed by atoms with Gasteiger partial charge in [0.05, 0.1) is 13.1 Å². The molecule has 22 heavy (non-hydrogen) atoms. The summed E-state index contributed by atoms with van der Waals surface area (Å²) >= 11 is 3.45. The Hall–Kier alpha value is -1.17. The first kappa shape index (κ1) is 15.7. The zero-order valence-corrected chi connectivity index (χ0v) is 14.5. The standard InChI is InChI=1S/C17H22N2OS2/c1-13-10-14(6-7-18-13)17(20)19(11-15-4-2-8-21-15)12-16-5-3-9-22-16/h2-5,8-9,13-14,18H,6-7,10-12H2,1H3/t13-,14-/m0/s1. The predicted molar refractivity (Wildman–Crippen MR) is 93.1 cm³/mol. The van der Waals surface area contributed by atoms with Gasteiger partial charge in [-0.2, -0.15) is 0 Å². The molecule has 0 aliphatic carbocycles. The van der Waals surface area contributed by atoms with E-state index in [1.165, 1.54) is 9.75 Å². The number of nitrogens with one attached hydrogen (secondary N) is 1. The molecule has 0 spiro atoms. The van der Waals surface area contributed by atoms with Crippen LogP contribution in [0.25, 0.3) is 0 Å². The molecule has 3 rings (SSSR count). The molecule has 1 fully saturated rings. The lowest BCUT2D eigenvalue weighted by Crippen LogP contribution is -2.43. The molecule has 1 aliphatic rings. The quantitative estimate of drug-likeness (QED) is 0.904. The van der Waals surface area contributed by atoms with Gasteiger partial charge in [-0.15, -0.1) is 22.7 Å². The lowest BCUT2D eigenvalue weighted by atomic mass is 9.92. The molecule has 0 aromatic carbocycles. The molecule has 5 heteroatoms. The Kier molecular flexibility index (Phi) is 5.28. The number of carbonyl (C=O) groups excluding carboxylic acids is 1. The summed E-state index contributed by atoms with van der Waals surface area (Å²) in [5, 5.41) is 7.59. The molecule has 0 unspecified atom stereocenters. The van der Waals surface area contributed by atoms with Gasteiger partial charge < -0.3 is 10.2 Å². The van der Waals surface area contributed by atoms with Crippen molar-refractivity contribution in [1.82, 2.24) is 10.2 Å². The minimum Gasteiger partial charge on any atom is -0.332 e. The highest BCUT2D eigenvalue weighted by Crippen LogP contribution is 2.23. The van der Waals surface area contributed by atoms with Crippen LogP contribution in [0.1, 0.15) is 29.5 Å². The monoisotopic (exact) mass is 334 g/mol. The minimum atomic E-state index is 0.163. The van der Waals surface area contributed by atoms with Crippen molar-refractivity contribution in [3.8, 4) is 0 Å². The lowest BCUT2D eigenvalue weighted by molar-refractivity contribution is -0.137. The molecule has 3 nitrogen and oxygen atoms in total. The summed E-state index contributed by atoms with van der Waals surface area (Å²) in [5.74, 6) is 0.478. The van der Waals surface area contributed by atoms with Gasteiger partial charge in [0.15, 0.2) is 0 Å². The average molecular weight is 335 g/mol. The zero-order chi connectivity index (χ0) is 15.4.